The Balaban J connectivity index is 2.72. The molecule has 0 amide bonds. The molecule has 0 aliphatic heterocycles. The van der Waals surface area contributed by atoms with Gasteiger partial charge in [-0.15, -0.1) is 0 Å². The van der Waals surface area contributed by atoms with Crippen LogP contribution in [-0.2, 0) is 19.1 Å². The normalized spacial score (nSPS) is 21.7. The van der Waals surface area contributed by atoms with Gasteiger partial charge >= 0.3 is 11.9 Å². The second-order valence-electron chi connectivity index (χ2n) is 10.1. The number of aliphatic carboxylic acids is 1. The molecule has 5 nitrogen and oxygen atoms in total. The fraction of sp³-hybridized carbons (Fsp3) is 0.821. The van der Waals surface area contributed by atoms with Crippen molar-refractivity contribution >= 4 is 17.7 Å². The van der Waals surface area contributed by atoms with Crippen molar-refractivity contribution in [3.63, 3.8) is 0 Å². The summed E-state index contributed by atoms with van der Waals surface area (Å²) in [5, 5.41) is 8.74. The first-order chi connectivity index (χ1) is 15.8. The molecule has 5 heteroatoms. The van der Waals surface area contributed by atoms with E-state index in [9.17, 15) is 14.4 Å². The summed E-state index contributed by atoms with van der Waals surface area (Å²) in [6.07, 6.45) is 16.4. The van der Waals surface area contributed by atoms with Crippen molar-refractivity contribution in [2.24, 2.45) is 23.7 Å². The van der Waals surface area contributed by atoms with Gasteiger partial charge < -0.3 is 9.84 Å². The first-order valence-electron chi connectivity index (χ1n) is 13.4. The van der Waals surface area contributed by atoms with E-state index in [1.165, 1.54) is 12.8 Å². The summed E-state index contributed by atoms with van der Waals surface area (Å²) in [4.78, 5) is 35.4. The van der Waals surface area contributed by atoms with Gasteiger partial charge in [0, 0.05) is 25.2 Å². The van der Waals surface area contributed by atoms with Crippen molar-refractivity contribution in [1.29, 1.82) is 0 Å². The molecule has 0 spiro atoms. The van der Waals surface area contributed by atoms with E-state index in [4.69, 9.17) is 9.84 Å². The molecule has 1 aliphatic rings. The molecule has 33 heavy (non-hydrogen) atoms. The molecule has 0 aromatic heterocycles. The number of ether oxygens (including phenoxy) is 1. The smallest absolute Gasteiger partial charge is 0.306 e. The first kappa shape index (κ1) is 29.4. The van der Waals surface area contributed by atoms with Crippen LogP contribution >= 0.6 is 0 Å². The van der Waals surface area contributed by atoms with Crippen molar-refractivity contribution in [2.75, 3.05) is 0 Å². The van der Waals surface area contributed by atoms with Crippen LogP contribution in [0.3, 0.4) is 0 Å². The fourth-order valence-corrected chi connectivity index (χ4v) is 4.99. The number of unbranched alkanes of at least 4 members (excludes halogenated alkanes) is 7. The quantitative estimate of drug-likeness (QED) is 0.133. The van der Waals surface area contributed by atoms with Gasteiger partial charge in [0.25, 0.3) is 0 Å². The summed E-state index contributed by atoms with van der Waals surface area (Å²) < 4.78 is 5.70. The Morgan fingerprint density at radius 1 is 1.03 bits per heavy atom. The Morgan fingerprint density at radius 2 is 1.70 bits per heavy atom. The number of rotatable bonds is 18. The van der Waals surface area contributed by atoms with Crippen LogP contribution in [-0.4, -0.2) is 28.9 Å². The Hall–Kier alpha value is -1.65. The molecule has 190 valence electrons. The lowest BCUT2D eigenvalue weighted by Gasteiger charge is -2.24. The van der Waals surface area contributed by atoms with Crippen molar-refractivity contribution in [1.82, 2.24) is 0 Å². The number of allylic oxidation sites excluding steroid dienone is 1. The van der Waals surface area contributed by atoms with Gasteiger partial charge in [0.15, 0.2) is 0 Å². The summed E-state index contributed by atoms with van der Waals surface area (Å²) in [5.41, 5.74) is 0. The Labute approximate surface area is 201 Å². The molecule has 0 aromatic carbocycles. The van der Waals surface area contributed by atoms with E-state index in [1.807, 2.05) is 6.92 Å². The SMILES string of the molecule is CCCCCCC(C=CC1C(CCCCCCCC(=O)O)C(=O)CC1C(C)C)OC(=O)CC. The maximum Gasteiger partial charge on any atom is 0.306 e. The van der Waals surface area contributed by atoms with E-state index in [0.29, 0.717) is 30.5 Å². The minimum atomic E-state index is -0.728. The van der Waals surface area contributed by atoms with E-state index in [0.717, 1.165) is 57.8 Å². The lowest BCUT2D eigenvalue weighted by molar-refractivity contribution is -0.146. The standard InChI is InChI=1S/C28H48O5/c1-5-7-8-12-15-22(33-28(32)6-2)18-19-23-24(26(29)20-25(23)21(3)4)16-13-10-9-11-14-17-27(30)31/h18-19,21-25H,5-17,20H2,1-4H3,(H,30,31). The minimum absolute atomic E-state index is 0.0512. The molecule has 1 fully saturated rings. The third kappa shape index (κ3) is 11.9. The van der Waals surface area contributed by atoms with Crippen LogP contribution in [0, 0.1) is 23.7 Å². The summed E-state index contributed by atoms with van der Waals surface area (Å²) in [5.74, 6) is 0.525. The average molecular weight is 465 g/mol. The van der Waals surface area contributed by atoms with Gasteiger partial charge in [-0.25, -0.2) is 0 Å². The predicted octanol–water partition coefficient (Wildman–Crippen LogP) is 7.13. The minimum Gasteiger partial charge on any atom is -0.481 e. The number of carbonyl (C=O) groups excluding carboxylic acids is 2. The number of hydrogen-bond donors (Lipinski definition) is 1. The molecule has 1 aliphatic carbocycles. The van der Waals surface area contributed by atoms with E-state index in [2.05, 4.69) is 32.9 Å². The highest BCUT2D eigenvalue weighted by atomic mass is 16.5. The molecule has 4 atom stereocenters. The van der Waals surface area contributed by atoms with E-state index in [1.54, 1.807) is 0 Å². The number of carboxylic acid groups (broad SMARTS) is 1. The Kier molecular flexibility index (Phi) is 15.0. The van der Waals surface area contributed by atoms with Crippen LogP contribution in [0.25, 0.3) is 0 Å². The first-order valence-corrected chi connectivity index (χ1v) is 13.4. The monoisotopic (exact) mass is 464 g/mol. The molecule has 1 rings (SSSR count). The summed E-state index contributed by atoms with van der Waals surface area (Å²) in [6.45, 7) is 8.40. The number of esters is 1. The zero-order chi connectivity index (χ0) is 24.6. The zero-order valence-electron chi connectivity index (χ0n) is 21.5. The second kappa shape index (κ2) is 16.9. The van der Waals surface area contributed by atoms with Gasteiger partial charge in [0.05, 0.1) is 0 Å². The fourth-order valence-electron chi connectivity index (χ4n) is 4.99. The van der Waals surface area contributed by atoms with E-state index < -0.39 is 5.97 Å². The predicted molar refractivity (Wildman–Crippen MR) is 133 cm³/mol. The highest BCUT2D eigenvalue weighted by Crippen LogP contribution is 2.42. The molecule has 0 saturated heterocycles. The molecule has 0 aromatic rings. The number of ketones is 1. The van der Waals surface area contributed by atoms with Gasteiger partial charge in [-0.2, -0.15) is 0 Å². The van der Waals surface area contributed by atoms with Crippen LogP contribution in [0.4, 0.5) is 0 Å². The lowest BCUT2D eigenvalue weighted by atomic mass is 9.80. The number of hydrogen-bond acceptors (Lipinski definition) is 4. The number of carbonyl (C=O) groups is 3. The maximum atomic E-state index is 12.9. The van der Waals surface area contributed by atoms with Gasteiger partial charge in [0.2, 0.25) is 0 Å². The summed E-state index contributed by atoms with van der Waals surface area (Å²) in [7, 11) is 0. The summed E-state index contributed by atoms with van der Waals surface area (Å²) >= 11 is 0. The van der Waals surface area contributed by atoms with Gasteiger partial charge in [0.1, 0.15) is 11.9 Å². The molecule has 0 bridgehead atoms. The van der Waals surface area contributed by atoms with Crippen LogP contribution in [0.1, 0.15) is 118 Å². The molecule has 0 radical (unpaired) electrons. The zero-order valence-corrected chi connectivity index (χ0v) is 21.5. The number of carboxylic acids is 1. The largest absolute Gasteiger partial charge is 0.481 e. The van der Waals surface area contributed by atoms with Crippen LogP contribution < -0.4 is 0 Å². The van der Waals surface area contributed by atoms with Crippen LogP contribution in [0.2, 0.25) is 0 Å². The van der Waals surface area contributed by atoms with Gasteiger partial charge in [-0.1, -0.05) is 78.7 Å². The lowest BCUT2D eigenvalue weighted by Crippen LogP contribution is -2.21. The number of Topliss-reactive ketones (excluding diaryl/α,β-unsaturated/α-hetero) is 1. The van der Waals surface area contributed by atoms with Crippen LogP contribution in [0.5, 0.6) is 0 Å². The molecule has 0 heterocycles. The van der Waals surface area contributed by atoms with Crippen molar-refractivity contribution in [3.05, 3.63) is 12.2 Å². The van der Waals surface area contributed by atoms with Crippen molar-refractivity contribution in [2.45, 2.75) is 124 Å². The second-order valence-corrected chi connectivity index (χ2v) is 10.1. The van der Waals surface area contributed by atoms with Crippen LogP contribution in [0.15, 0.2) is 12.2 Å². The van der Waals surface area contributed by atoms with Gasteiger partial charge in [-0.3, -0.25) is 14.4 Å². The van der Waals surface area contributed by atoms with Crippen molar-refractivity contribution < 1.29 is 24.2 Å². The summed E-state index contributed by atoms with van der Waals surface area (Å²) in [6, 6.07) is 0. The van der Waals surface area contributed by atoms with Gasteiger partial charge in [-0.05, 0) is 49.5 Å². The molecule has 4 unspecified atom stereocenters. The highest BCUT2D eigenvalue weighted by molar-refractivity contribution is 5.84. The van der Waals surface area contributed by atoms with E-state index >= 15 is 0 Å². The Morgan fingerprint density at radius 3 is 2.33 bits per heavy atom. The van der Waals surface area contributed by atoms with E-state index in [-0.39, 0.29) is 30.3 Å². The van der Waals surface area contributed by atoms with Crippen molar-refractivity contribution in [3.8, 4) is 0 Å². The highest BCUT2D eigenvalue weighted by Gasteiger charge is 2.41. The third-order valence-corrected chi connectivity index (χ3v) is 7.03. The molecule has 1 N–H and O–H groups in total. The topological polar surface area (TPSA) is 80.7 Å². The molecular weight excluding hydrogens is 416 g/mol. The maximum absolute atomic E-state index is 12.9. The average Bonchev–Trinajstić information content (AvgIpc) is 3.09. The Bertz CT molecular complexity index is 609. The molecule has 1 saturated carbocycles. The third-order valence-electron chi connectivity index (χ3n) is 7.03. The molecular formula is C28H48O5.